The standard InChI is InChI=1S/C30H24O10/c31-15-5-1-13(2-6-15)28-22(37)11-18-19(34)12-21(36)25(30(18)40-28)26-27(38)24-20(35)9-17(33)10-23(24)39-29(26)14-3-7-16(32)8-4-14/h1-10,12,22,26,28-29,31-37H,11H2/t22-,26-,28+,29-/m0/s1. The number of phenols is 6. The summed E-state index contributed by atoms with van der Waals surface area (Å²) in [7, 11) is 0. The fourth-order valence-electron chi connectivity index (χ4n) is 5.43. The first kappa shape index (κ1) is 25.2. The van der Waals surface area contributed by atoms with Gasteiger partial charge in [0.1, 0.15) is 63.8 Å². The lowest BCUT2D eigenvalue weighted by Gasteiger charge is -2.37. The Balaban J connectivity index is 1.56. The largest absolute Gasteiger partial charge is 0.508 e. The van der Waals surface area contributed by atoms with Gasteiger partial charge in [-0.3, -0.25) is 4.79 Å². The number of carbonyl (C=O) groups is 1. The highest BCUT2D eigenvalue weighted by Crippen LogP contribution is 2.55. The molecule has 0 radical (unpaired) electrons. The van der Waals surface area contributed by atoms with E-state index >= 15 is 0 Å². The van der Waals surface area contributed by atoms with Crippen LogP contribution < -0.4 is 9.47 Å². The highest BCUT2D eigenvalue weighted by molar-refractivity contribution is 6.07. The predicted octanol–water partition coefficient (Wildman–Crippen LogP) is 4.06. The quantitative estimate of drug-likeness (QED) is 0.199. The number of Topliss-reactive ketones (excluding diaryl/α,β-unsaturated/α-hetero) is 1. The summed E-state index contributed by atoms with van der Waals surface area (Å²) in [5.41, 5.74) is 0.837. The number of phenolic OH excluding ortho intramolecular Hbond substituents is 6. The number of aliphatic hydroxyl groups excluding tert-OH is 1. The third kappa shape index (κ3) is 4.05. The summed E-state index contributed by atoms with van der Waals surface area (Å²) in [5, 5.41) is 72.9. The van der Waals surface area contributed by atoms with Gasteiger partial charge in [-0.2, -0.15) is 0 Å². The first-order valence-corrected chi connectivity index (χ1v) is 12.4. The van der Waals surface area contributed by atoms with E-state index in [2.05, 4.69) is 0 Å². The summed E-state index contributed by atoms with van der Waals surface area (Å²) in [6.45, 7) is 0. The Labute approximate surface area is 227 Å². The van der Waals surface area contributed by atoms with Crippen molar-refractivity contribution >= 4 is 5.78 Å². The van der Waals surface area contributed by atoms with Crippen LogP contribution in [0.2, 0.25) is 0 Å². The van der Waals surface area contributed by atoms with Gasteiger partial charge in [0.25, 0.3) is 0 Å². The second kappa shape index (κ2) is 9.28. The van der Waals surface area contributed by atoms with Gasteiger partial charge >= 0.3 is 0 Å². The zero-order valence-electron chi connectivity index (χ0n) is 20.7. The van der Waals surface area contributed by atoms with Crippen molar-refractivity contribution in [3.05, 3.63) is 94.5 Å². The maximum Gasteiger partial charge on any atom is 0.182 e. The number of benzene rings is 4. The summed E-state index contributed by atoms with van der Waals surface area (Å²) in [6.07, 6.45) is -3.29. The van der Waals surface area contributed by atoms with Crippen molar-refractivity contribution in [2.75, 3.05) is 0 Å². The van der Waals surface area contributed by atoms with Crippen LogP contribution in [-0.2, 0) is 6.42 Å². The molecule has 2 aliphatic rings. The molecule has 2 aliphatic heterocycles. The number of rotatable bonds is 3. The molecule has 0 spiro atoms. The van der Waals surface area contributed by atoms with E-state index < -0.39 is 41.5 Å². The molecule has 0 saturated carbocycles. The summed E-state index contributed by atoms with van der Waals surface area (Å²) in [5.74, 6) is -3.80. The Hall–Kier alpha value is -5.09. The highest BCUT2D eigenvalue weighted by atomic mass is 16.5. The maximum absolute atomic E-state index is 14.1. The summed E-state index contributed by atoms with van der Waals surface area (Å²) in [6, 6.07) is 15.1. The zero-order valence-corrected chi connectivity index (χ0v) is 20.7. The van der Waals surface area contributed by atoms with Crippen molar-refractivity contribution in [3.63, 3.8) is 0 Å². The van der Waals surface area contributed by atoms with E-state index in [0.717, 1.165) is 12.1 Å². The topological polar surface area (TPSA) is 177 Å². The Kier molecular flexibility index (Phi) is 5.85. The van der Waals surface area contributed by atoms with E-state index in [1.165, 1.54) is 42.5 Å². The van der Waals surface area contributed by atoms with Gasteiger partial charge in [-0.1, -0.05) is 24.3 Å². The Bertz CT molecular complexity index is 1630. The minimum atomic E-state index is -1.32. The van der Waals surface area contributed by atoms with E-state index in [0.29, 0.717) is 11.1 Å². The smallest absolute Gasteiger partial charge is 0.182 e. The summed E-state index contributed by atoms with van der Waals surface area (Å²) in [4.78, 5) is 14.1. The number of ketones is 1. The van der Waals surface area contributed by atoms with E-state index in [1.54, 1.807) is 12.1 Å². The van der Waals surface area contributed by atoms with Crippen molar-refractivity contribution in [2.45, 2.75) is 30.7 Å². The molecule has 4 aromatic rings. The zero-order chi connectivity index (χ0) is 28.3. The van der Waals surface area contributed by atoms with E-state index in [9.17, 15) is 40.5 Å². The lowest BCUT2D eigenvalue weighted by atomic mass is 9.78. The lowest BCUT2D eigenvalue weighted by molar-refractivity contribution is 0.0179. The molecule has 0 saturated heterocycles. The fourth-order valence-corrected chi connectivity index (χ4v) is 5.43. The summed E-state index contributed by atoms with van der Waals surface area (Å²) < 4.78 is 12.4. The lowest BCUT2D eigenvalue weighted by Crippen LogP contribution is -2.34. The Morgan fingerprint density at radius 1 is 0.650 bits per heavy atom. The number of aliphatic hydroxyl groups is 1. The van der Waals surface area contributed by atoms with Crippen LogP contribution in [0.25, 0.3) is 0 Å². The van der Waals surface area contributed by atoms with Crippen LogP contribution in [0.15, 0.2) is 66.7 Å². The molecule has 6 rings (SSSR count). The highest BCUT2D eigenvalue weighted by Gasteiger charge is 2.46. The molecule has 7 N–H and O–H groups in total. The summed E-state index contributed by atoms with van der Waals surface area (Å²) >= 11 is 0. The average Bonchev–Trinajstić information content (AvgIpc) is 2.90. The van der Waals surface area contributed by atoms with Gasteiger partial charge in [-0.15, -0.1) is 0 Å². The van der Waals surface area contributed by atoms with Crippen LogP contribution in [0.1, 0.15) is 50.7 Å². The van der Waals surface area contributed by atoms with E-state index in [4.69, 9.17) is 9.47 Å². The molecule has 2 heterocycles. The predicted molar refractivity (Wildman–Crippen MR) is 139 cm³/mol. The third-order valence-corrected chi connectivity index (χ3v) is 7.29. The number of fused-ring (bicyclic) bond motifs is 2. The Morgan fingerprint density at radius 3 is 1.88 bits per heavy atom. The van der Waals surface area contributed by atoms with Crippen molar-refractivity contribution < 1.29 is 50.0 Å². The molecule has 0 aromatic heterocycles. The van der Waals surface area contributed by atoms with Gasteiger partial charge in [0.05, 0.1) is 17.6 Å². The molecule has 10 heteroatoms. The van der Waals surface area contributed by atoms with Gasteiger partial charge in [0.15, 0.2) is 5.78 Å². The average molecular weight is 545 g/mol. The minimum Gasteiger partial charge on any atom is -0.508 e. The number of aromatic hydroxyl groups is 6. The molecule has 0 amide bonds. The monoisotopic (exact) mass is 544 g/mol. The van der Waals surface area contributed by atoms with Crippen LogP contribution in [0.3, 0.4) is 0 Å². The number of carbonyl (C=O) groups excluding carboxylic acids is 1. The molecule has 0 unspecified atom stereocenters. The number of hydrogen-bond acceptors (Lipinski definition) is 10. The third-order valence-electron chi connectivity index (χ3n) is 7.29. The second-order valence-corrected chi connectivity index (χ2v) is 9.85. The minimum absolute atomic E-state index is 0.0108. The van der Waals surface area contributed by atoms with Crippen LogP contribution in [0.4, 0.5) is 0 Å². The van der Waals surface area contributed by atoms with Crippen molar-refractivity contribution in [1.82, 2.24) is 0 Å². The first-order valence-electron chi connectivity index (χ1n) is 12.4. The SMILES string of the molecule is O=C1c2c(O)cc(O)cc2O[C@@H](c2ccc(O)cc2)[C@H]1c1c(O)cc(O)c2c1O[C@H](c1ccc(O)cc1)[C@@H](O)C2. The molecule has 0 bridgehead atoms. The van der Waals surface area contributed by atoms with E-state index in [1.807, 2.05) is 0 Å². The van der Waals surface area contributed by atoms with Gasteiger partial charge in [0, 0.05) is 30.2 Å². The van der Waals surface area contributed by atoms with Gasteiger partial charge in [-0.05, 0) is 35.4 Å². The van der Waals surface area contributed by atoms with Crippen molar-refractivity contribution in [3.8, 4) is 46.0 Å². The molecule has 0 fully saturated rings. The molecule has 204 valence electrons. The molecular weight excluding hydrogens is 520 g/mol. The van der Waals surface area contributed by atoms with Gasteiger partial charge in [-0.25, -0.2) is 0 Å². The van der Waals surface area contributed by atoms with Crippen molar-refractivity contribution in [2.24, 2.45) is 0 Å². The normalized spacial score (nSPS) is 21.6. The van der Waals surface area contributed by atoms with Gasteiger partial charge < -0.3 is 45.2 Å². The Morgan fingerprint density at radius 2 is 1.25 bits per heavy atom. The van der Waals surface area contributed by atoms with Crippen molar-refractivity contribution in [1.29, 1.82) is 0 Å². The number of hydrogen-bond donors (Lipinski definition) is 7. The fraction of sp³-hybridized carbons (Fsp3) is 0.167. The molecular formula is C30H24O10. The maximum atomic E-state index is 14.1. The molecule has 0 aliphatic carbocycles. The first-order chi connectivity index (χ1) is 19.1. The molecule has 10 nitrogen and oxygen atoms in total. The molecule has 40 heavy (non-hydrogen) atoms. The second-order valence-electron chi connectivity index (χ2n) is 9.85. The van der Waals surface area contributed by atoms with Crippen LogP contribution in [-0.4, -0.2) is 47.6 Å². The van der Waals surface area contributed by atoms with E-state index in [-0.39, 0.29) is 57.6 Å². The van der Waals surface area contributed by atoms with Crippen LogP contribution in [0, 0.1) is 0 Å². The van der Waals surface area contributed by atoms with Gasteiger partial charge in [0.2, 0.25) is 0 Å². The molecule has 4 aromatic carbocycles. The van der Waals surface area contributed by atoms with Crippen LogP contribution in [0.5, 0.6) is 46.0 Å². The molecule has 4 atom stereocenters. The number of ether oxygens (including phenoxy) is 2. The van der Waals surface area contributed by atoms with Crippen LogP contribution >= 0.6 is 0 Å².